The number of hydrogen-bond acceptors (Lipinski definition) is 5. The minimum atomic E-state index is -0.542. The lowest BCUT2D eigenvalue weighted by Crippen LogP contribution is -2.36. The smallest absolute Gasteiger partial charge is 0.118 e. The van der Waals surface area contributed by atoms with Crippen LogP contribution in [0.15, 0.2) is 24.3 Å². The number of aliphatic hydroxyl groups is 1. The van der Waals surface area contributed by atoms with E-state index in [-0.39, 0.29) is 6.04 Å². The second-order valence-corrected chi connectivity index (χ2v) is 7.51. The van der Waals surface area contributed by atoms with Gasteiger partial charge in [0, 0.05) is 17.0 Å². The van der Waals surface area contributed by atoms with Crippen molar-refractivity contribution in [3.8, 4) is 5.75 Å². The molecule has 130 valence electrons. The van der Waals surface area contributed by atoms with Crippen LogP contribution >= 0.6 is 11.3 Å². The van der Waals surface area contributed by atoms with Gasteiger partial charge >= 0.3 is 0 Å². The standard InChI is InChI=1S/C19H26N2O2S/c1-4-17-21-16-7-5-6-15(19(16)24-17)20-12(2)18(22)13-8-10-14(23-3)11-9-13/h8-12,15,18,20,22H,4-7H2,1-3H3. The Kier molecular flexibility index (Phi) is 5.54. The largest absolute Gasteiger partial charge is 0.497 e. The highest BCUT2D eigenvalue weighted by molar-refractivity contribution is 7.11. The average molecular weight is 346 g/mol. The van der Waals surface area contributed by atoms with Gasteiger partial charge in [-0.25, -0.2) is 4.98 Å². The molecule has 1 aliphatic carbocycles. The normalized spacial score (nSPS) is 19.6. The van der Waals surface area contributed by atoms with E-state index in [1.54, 1.807) is 7.11 Å². The number of nitrogens with zero attached hydrogens (tertiary/aromatic N) is 1. The van der Waals surface area contributed by atoms with Crippen LogP contribution in [0.2, 0.25) is 0 Å². The number of ether oxygens (including phenoxy) is 1. The van der Waals surface area contributed by atoms with Crippen molar-refractivity contribution in [1.29, 1.82) is 0 Å². The third-order valence-corrected chi connectivity index (χ3v) is 6.05. The van der Waals surface area contributed by atoms with Crippen molar-refractivity contribution in [2.75, 3.05) is 7.11 Å². The van der Waals surface area contributed by atoms with Crippen molar-refractivity contribution in [2.24, 2.45) is 0 Å². The lowest BCUT2D eigenvalue weighted by Gasteiger charge is -2.29. The summed E-state index contributed by atoms with van der Waals surface area (Å²) in [5.74, 6) is 0.806. The van der Waals surface area contributed by atoms with E-state index >= 15 is 0 Å². The van der Waals surface area contributed by atoms with Gasteiger partial charge in [0.1, 0.15) is 5.75 Å². The molecular formula is C19H26N2O2S. The van der Waals surface area contributed by atoms with Crippen LogP contribution in [-0.4, -0.2) is 23.2 Å². The van der Waals surface area contributed by atoms with Crippen LogP contribution in [0, 0.1) is 0 Å². The summed E-state index contributed by atoms with van der Waals surface area (Å²) in [5.41, 5.74) is 2.16. The molecule has 4 nitrogen and oxygen atoms in total. The first kappa shape index (κ1) is 17.4. The summed E-state index contributed by atoms with van der Waals surface area (Å²) < 4.78 is 5.18. The van der Waals surface area contributed by atoms with E-state index in [1.807, 2.05) is 42.5 Å². The molecule has 1 aromatic carbocycles. The molecule has 24 heavy (non-hydrogen) atoms. The molecule has 0 bridgehead atoms. The van der Waals surface area contributed by atoms with Crippen LogP contribution in [0.25, 0.3) is 0 Å². The Balaban J connectivity index is 1.70. The highest BCUT2D eigenvalue weighted by atomic mass is 32.1. The molecule has 0 saturated carbocycles. The van der Waals surface area contributed by atoms with Crippen molar-refractivity contribution in [2.45, 2.75) is 57.7 Å². The van der Waals surface area contributed by atoms with Crippen molar-refractivity contribution in [1.82, 2.24) is 10.3 Å². The first-order chi connectivity index (χ1) is 11.6. The Hall–Kier alpha value is -1.43. The highest BCUT2D eigenvalue weighted by Crippen LogP contribution is 2.35. The monoisotopic (exact) mass is 346 g/mol. The average Bonchev–Trinajstić information content (AvgIpc) is 3.05. The highest BCUT2D eigenvalue weighted by Gasteiger charge is 2.27. The Morgan fingerprint density at radius 2 is 2.12 bits per heavy atom. The molecular weight excluding hydrogens is 320 g/mol. The molecule has 0 amide bonds. The van der Waals surface area contributed by atoms with Gasteiger partial charge in [-0.05, 0) is 50.3 Å². The first-order valence-electron chi connectivity index (χ1n) is 8.69. The van der Waals surface area contributed by atoms with Crippen molar-refractivity contribution < 1.29 is 9.84 Å². The number of hydrogen-bond donors (Lipinski definition) is 2. The number of methoxy groups -OCH3 is 1. The maximum atomic E-state index is 10.7. The molecule has 3 unspecified atom stereocenters. The molecule has 1 aromatic heterocycles. The molecule has 2 aromatic rings. The summed E-state index contributed by atoms with van der Waals surface area (Å²) in [6.45, 7) is 4.20. The lowest BCUT2D eigenvalue weighted by molar-refractivity contribution is 0.127. The van der Waals surface area contributed by atoms with Crippen LogP contribution in [0.1, 0.15) is 60.0 Å². The molecule has 0 aliphatic heterocycles. The van der Waals surface area contributed by atoms with Gasteiger partial charge in [-0.15, -0.1) is 11.3 Å². The number of rotatable bonds is 6. The first-order valence-corrected chi connectivity index (χ1v) is 9.50. The summed E-state index contributed by atoms with van der Waals surface area (Å²) in [5, 5.41) is 15.5. The van der Waals surface area contributed by atoms with E-state index in [4.69, 9.17) is 9.72 Å². The minimum Gasteiger partial charge on any atom is -0.497 e. The van der Waals surface area contributed by atoms with E-state index in [9.17, 15) is 5.11 Å². The molecule has 0 radical (unpaired) electrons. The maximum Gasteiger partial charge on any atom is 0.118 e. The molecule has 0 saturated heterocycles. The Bertz CT molecular complexity index is 669. The zero-order chi connectivity index (χ0) is 17.1. The lowest BCUT2D eigenvalue weighted by atomic mass is 9.95. The van der Waals surface area contributed by atoms with Gasteiger partial charge < -0.3 is 15.2 Å². The zero-order valence-electron chi connectivity index (χ0n) is 14.6. The Labute approximate surface area is 147 Å². The summed E-state index contributed by atoms with van der Waals surface area (Å²) in [4.78, 5) is 6.12. The number of thiazole rings is 1. The van der Waals surface area contributed by atoms with E-state index in [1.165, 1.54) is 15.6 Å². The van der Waals surface area contributed by atoms with Gasteiger partial charge in [-0.1, -0.05) is 19.1 Å². The van der Waals surface area contributed by atoms with E-state index in [0.717, 1.165) is 37.0 Å². The molecule has 3 atom stereocenters. The molecule has 3 rings (SSSR count). The topological polar surface area (TPSA) is 54.4 Å². The van der Waals surface area contributed by atoms with Crippen LogP contribution in [-0.2, 0) is 12.8 Å². The van der Waals surface area contributed by atoms with Crippen LogP contribution in [0.3, 0.4) is 0 Å². The predicted octanol–water partition coefficient (Wildman–Crippen LogP) is 3.80. The Morgan fingerprint density at radius 1 is 1.38 bits per heavy atom. The summed E-state index contributed by atoms with van der Waals surface area (Å²) in [6.07, 6.45) is 3.80. The quantitative estimate of drug-likeness (QED) is 0.835. The van der Waals surface area contributed by atoms with E-state index in [2.05, 4.69) is 12.2 Å². The second-order valence-electron chi connectivity index (χ2n) is 6.39. The molecule has 1 heterocycles. The number of aromatic nitrogens is 1. The molecule has 0 spiro atoms. The van der Waals surface area contributed by atoms with Gasteiger partial charge in [0.2, 0.25) is 0 Å². The summed E-state index contributed by atoms with van der Waals surface area (Å²) in [7, 11) is 1.65. The fourth-order valence-corrected chi connectivity index (χ4v) is 4.43. The number of fused-ring (bicyclic) bond motifs is 1. The molecule has 1 aliphatic rings. The molecule has 2 N–H and O–H groups in total. The number of benzene rings is 1. The van der Waals surface area contributed by atoms with Gasteiger partial charge in [-0.2, -0.15) is 0 Å². The van der Waals surface area contributed by atoms with Crippen molar-refractivity contribution in [3.05, 3.63) is 45.4 Å². The van der Waals surface area contributed by atoms with E-state index in [0.29, 0.717) is 6.04 Å². The molecule has 5 heteroatoms. The Morgan fingerprint density at radius 3 is 2.79 bits per heavy atom. The summed E-state index contributed by atoms with van der Waals surface area (Å²) >= 11 is 1.83. The van der Waals surface area contributed by atoms with Crippen LogP contribution in [0.4, 0.5) is 0 Å². The number of nitrogens with one attached hydrogen (secondary N) is 1. The second kappa shape index (κ2) is 7.64. The predicted molar refractivity (Wildman–Crippen MR) is 97.7 cm³/mol. The third-order valence-electron chi connectivity index (χ3n) is 4.69. The fraction of sp³-hybridized carbons (Fsp3) is 0.526. The number of aliphatic hydroxyl groups excluding tert-OH is 1. The van der Waals surface area contributed by atoms with Gasteiger partial charge in [0.15, 0.2) is 0 Å². The van der Waals surface area contributed by atoms with Crippen molar-refractivity contribution in [3.63, 3.8) is 0 Å². The zero-order valence-corrected chi connectivity index (χ0v) is 15.4. The molecule has 0 fully saturated rings. The van der Waals surface area contributed by atoms with Gasteiger partial charge in [0.25, 0.3) is 0 Å². The van der Waals surface area contributed by atoms with Crippen molar-refractivity contribution >= 4 is 11.3 Å². The van der Waals surface area contributed by atoms with E-state index < -0.39 is 6.10 Å². The maximum absolute atomic E-state index is 10.7. The fourth-order valence-electron chi connectivity index (χ4n) is 3.28. The van der Waals surface area contributed by atoms with Crippen LogP contribution < -0.4 is 10.1 Å². The minimum absolute atomic E-state index is 0.0264. The van der Waals surface area contributed by atoms with Gasteiger partial charge in [-0.3, -0.25) is 0 Å². The van der Waals surface area contributed by atoms with Crippen LogP contribution in [0.5, 0.6) is 5.75 Å². The third kappa shape index (κ3) is 3.63. The SMILES string of the molecule is CCc1nc2c(s1)C(NC(C)C(O)c1ccc(OC)cc1)CCC2. The number of aryl methyl sites for hydroxylation is 2. The summed E-state index contributed by atoms with van der Waals surface area (Å²) in [6, 6.07) is 7.91. The van der Waals surface area contributed by atoms with Gasteiger partial charge in [0.05, 0.1) is 23.9 Å².